The first kappa shape index (κ1) is 19.6. The maximum Gasteiger partial charge on any atom is 0.230 e. The lowest BCUT2D eigenvalue weighted by molar-refractivity contribution is 0.0963. The summed E-state index contributed by atoms with van der Waals surface area (Å²) >= 11 is 1.68. The molecule has 7 nitrogen and oxygen atoms in total. The van der Waals surface area contributed by atoms with Gasteiger partial charge in [-0.3, -0.25) is 10.1 Å². The number of nitrogens with zero attached hydrogens (tertiary/aromatic N) is 4. The summed E-state index contributed by atoms with van der Waals surface area (Å²) in [7, 11) is 0. The van der Waals surface area contributed by atoms with Crippen molar-refractivity contribution in [3.8, 4) is 5.75 Å². The van der Waals surface area contributed by atoms with Gasteiger partial charge in [0.05, 0.1) is 23.6 Å². The van der Waals surface area contributed by atoms with Crippen molar-refractivity contribution in [1.29, 1.82) is 0 Å². The third-order valence-corrected chi connectivity index (χ3v) is 6.42. The van der Waals surface area contributed by atoms with Crippen molar-refractivity contribution < 1.29 is 9.53 Å². The number of para-hydroxylation sites is 1. The quantitative estimate of drug-likeness (QED) is 0.483. The van der Waals surface area contributed by atoms with Gasteiger partial charge in [0.25, 0.3) is 0 Å². The second-order valence-electron chi connectivity index (χ2n) is 7.44. The molecule has 8 heteroatoms. The molecule has 3 aromatic heterocycles. The van der Waals surface area contributed by atoms with Gasteiger partial charge in [-0.15, -0.1) is 11.3 Å². The van der Waals surface area contributed by atoms with Gasteiger partial charge in [-0.25, -0.2) is 19.9 Å². The molecule has 1 atom stereocenters. The summed E-state index contributed by atoms with van der Waals surface area (Å²) in [6, 6.07) is 9.90. The number of ether oxygens (including phenoxy) is 1. The number of carbonyl (C=O) groups is 1. The predicted molar refractivity (Wildman–Crippen MR) is 120 cm³/mol. The Morgan fingerprint density at radius 3 is 2.84 bits per heavy atom. The minimum absolute atomic E-state index is 0.0883. The molecule has 5 rings (SSSR count). The number of hydrogen-bond acceptors (Lipinski definition) is 8. The molecule has 156 valence electrons. The molecule has 4 aromatic rings. The van der Waals surface area contributed by atoms with Crippen molar-refractivity contribution in [2.45, 2.75) is 32.6 Å². The van der Waals surface area contributed by atoms with Gasteiger partial charge in [0, 0.05) is 28.8 Å². The number of thiophene rings is 1. The Labute approximate surface area is 183 Å². The highest BCUT2D eigenvalue weighted by atomic mass is 32.1. The number of nitrogens with one attached hydrogen (secondary N) is 1. The molecule has 1 N–H and O–H groups in total. The molecule has 0 amide bonds. The normalized spacial score (nSPS) is 15.7. The van der Waals surface area contributed by atoms with Crippen LogP contribution in [-0.2, 0) is 6.42 Å². The van der Waals surface area contributed by atoms with Gasteiger partial charge in [-0.2, -0.15) is 0 Å². The van der Waals surface area contributed by atoms with E-state index in [2.05, 4.69) is 31.3 Å². The molecule has 0 aliphatic heterocycles. The minimum atomic E-state index is 0.0883. The van der Waals surface area contributed by atoms with Crippen molar-refractivity contribution in [1.82, 2.24) is 19.9 Å². The molecule has 1 aliphatic carbocycles. The highest BCUT2D eigenvalue weighted by Crippen LogP contribution is 2.34. The molecular weight excluding hydrogens is 410 g/mol. The molecule has 0 fully saturated rings. The zero-order valence-corrected chi connectivity index (χ0v) is 18.1. The van der Waals surface area contributed by atoms with Crippen LogP contribution in [0.2, 0.25) is 0 Å². The summed E-state index contributed by atoms with van der Waals surface area (Å²) in [4.78, 5) is 32.0. The molecule has 0 radical (unpaired) electrons. The summed E-state index contributed by atoms with van der Waals surface area (Å²) < 4.78 is 5.73. The van der Waals surface area contributed by atoms with Crippen LogP contribution in [0, 0.1) is 6.92 Å². The highest BCUT2D eigenvalue weighted by molar-refractivity contribution is 7.10. The number of hydrogen-bond donors (Lipinski definition) is 1. The van der Waals surface area contributed by atoms with Crippen LogP contribution in [0.25, 0.3) is 10.9 Å². The summed E-state index contributed by atoms with van der Waals surface area (Å²) in [5, 5.41) is 6.09. The maximum atomic E-state index is 12.6. The highest BCUT2D eigenvalue weighted by Gasteiger charge is 2.28. The number of Topliss-reactive ketones (excluding diaryl/α,β-unsaturated/α-hetero) is 1. The molecule has 31 heavy (non-hydrogen) atoms. The second-order valence-corrected chi connectivity index (χ2v) is 8.42. The number of carbonyl (C=O) groups excluding carboxylic acids is 1. The van der Waals surface area contributed by atoms with Crippen LogP contribution in [0.15, 0.2) is 41.9 Å². The number of aryl methyl sites for hydroxylation is 1. The molecule has 1 unspecified atom stereocenters. The van der Waals surface area contributed by atoms with E-state index in [1.807, 2.05) is 43.5 Å². The molecule has 0 saturated carbocycles. The first-order valence-electron chi connectivity index (χ1n) is 10.2. The Morgan fingerprint density at radius 1 is 1.13 bits per heavy atom. The van der Waals surface area contributed by atoms with Crippen LogP contribution in [0.4, 0.5) is 11.9 Å². The van der Waals surface area contributed by atoms with Crippen LogP contribution >= 0.6 is 11.3 Å². The van der Waals surface area contributed by atoms with Crippen molar-refractivity contribution in [2.24, 2.45) is 0 Å². The lowest BCUT2D eigenvalue weighted by atomic mass is 9.86. The summed E-state index contributed by atoms with van der Waals surface area (Å²) in [6.45, 7) is 4.43. The lowest BCUT2D eigenvalue weighted by Crippen LogP contribution is -2.20. The molecule has 1 aliphatic rings. The van der Waals surface area contributed by atoms with Gasteiger partial charge in [0.15, 0.2) is 5.78 Å². The van der Waals surface area contributed by atoms with Crippen molar-refractivity contribution in [3.05, 3.63) is 63.7 Å². The average Bonchev–Trinajstić information content (AvgIpc) is 3.29. The van der Waals surface area contributed by atoms with Crippen LogP contribution in [0.5, 0.6) is 5.75 Å². The fraction of sp³-hybridized carbons (Fsp3) is 0.261. The SMILES string of the molecule is CCOc1cccc2c(C)nc(Nc3ncc4c(n3)CC(c3cccs3)CC4=O)nc12. The van der Waals surface area contributed by atoms with E-state index in [-0.39, 0.29) is 11.7 Å². The number of ketones is 1. The van der Waals surface area contributed by atoms with Crippen LogP contribution in [-0.4, -0.2) is 32.3 Å². The number of fused-ring (bicyclic) bond motifs is 2. The predicted octanol–water partition coefficient (Wildman–Crippen LogP) is 4.84. The standard InChI is InChI=1S/C23H21N5O2S/c1-3-30-19-7-4-6-15-13(2)25-23(27-21(15)19)28-22-24-12-16-17(26-22)10-14(11-18(16)29)20-8-5-9-31-20/h4-9,12,14H,3,10-11H2,1-2H3,(H,24,25,26,27,28). The zero-order valence-electron chi connectivity index (χ0n) is 17.3. The maximum absolute atomic E-state index is 12.6. The Hall–Kier alpha value is -3.39. The first-order chi connectivity index (χ1) is 15.1. The van der Waals surface area contributed by atoms with Crippen LogP contribution in [0.1, 0.15) is 45.9 Å². The Kier molecular flexibility index (Phi) is 5.07. The van der Waals surface area contributed by atoms with Crippen molar-refractivity contribution in [3.63, 3.8) is 0 Å². The largest absolute Gasteiger partial charge is 0.492 e. The molecule has 3 heterocycles. The Bertz CT molecular complexity index is 1270. The van der Waals surface area contributed by atoms with E-state index in [1.54, 1.807) is 17.5 Å². The van der Waals surface area contributed by atoms with Gasteiger partial charge in [-0.1, -0.05) is 18.2 Å². The van der Waals surface area contributed by atoms with E-state index in [0.29, 0.717) is 42.7 Å². The topological polar surface area (TPSA) is 89.9 Å². The van der Waals surface area contributed by atoms with Crippen molar-refractivity contribution in [2.75, 3.05) is 11.9 Å². The lowest BCUT2D eigenvalue weighted by Gasteiger charge is -2.22. The molecule has 0 bridgehead atoms. The van der Waals surface area contributed by atoms with Crippen LogP contribution in [0.3, 0.4) is 0 Å². The molecule has 1 aromatic carbocycles. The first-order valence-corrected chi connectivity index (χ1v) is 11.1. The van der Waals surface area contributed by atoms with E-state index in [0.717, 1.165) is 22.3 Å². The monoisotopic (exact) mass is 431 g/mol. The summed E-state index contributed by atoms with van der Waals surface area (Å²) in [5.74, 6) is 1.74. The smallest absolute Gasteiger partial charge is 0.230 e. The third-order valence-electron chi connectivity index (χ3n) is 5.39. The minimum Gasteiger partial charge on any atom is -0.492 e. The molecular formula is C23H21N5O2S. The van der Waals surface area contributed by atoms with E-state index in [1.165, 1.54) is 4.88 Å². The number of aromatic nitrogens is 4. The number of benzene rings is 1. The average molecular weight is 432 g/mol. The van der Waals surface area contributed by atoms with Gasteiger partial charge >= 0.3 is 0 Å². The van der Waals surface area contributed by atoms with E-state index in [4.69, 9.17) is 4.74 Å². The van der Waals surface area contributed by atoms with Crippen LogP contribution < -0.4 is 10.1 Å². The van der Waals surface area contributed by atoms with Gasteiger partial charge < -0.3 is 4.74 Å². The van der Waals surface area contributed by atoms with Crippen molar-refractivity contribution >= 4 is 39.9 Å². The third kappa shape index (κ3) is 3.74. The zero-order chi connectivity index (χ0) is 21.4. The van der Waals surface area contributed by atoms with Gasteiger partial charge in [0.1, 0.15) is 11.3 Å². The Morgan fingerprint density at radius 2 is 2.03 bits per heavy atom. The van der Waals surface area contributed by atoms with E-state index < -0.39 is 0 Å². The molecule has 0 saturated heterocycles. The van der Waals surface area contributed by atoms with Gasteiger partial charge in [-0.05, 0) is 37.8 Å². The molecule has 0 spiro atoms. The van der Waals surface area contributed by atoms with E-state index in [9.17, 15) is 4.79 Å². The Balaban J connectivity index is 1.47. The summed E-state index contributed by atoms with van der Waals surface area (Å²) in [6.07, 6.45) is 2.82. The van der Waals surface area contributed by atoms with E-state index >= 15 is 0 Å². The number of rotatable bonds is 5. The van der Waals surface area contributed by atoms with Gasteiger partial charge in [0.2, 0.25) is 11.9 Å². The second kappa shape index (κ2) is 8.03. The fourth-order valence-electron chi connectivity index (χ4n) is 3.94. The fourth-order valence-corrected chi connectivity index (χ4v) is 4.77. The number of anilines is 2. The summed E-state index contributed by atoms with van der Waals surface area (Å²) in [5.41, 5.74) is 2.94.